The topological polar surface area (TPSA) is 0 Å². The van der Waals surface area contributed by atoms with Crippen LogP contribution in [-0.2, 0) is 26.4 Å². The molecular weight excluding hydrogens is 510 g/mol. The van der Waals surface area contributed by atoms with Crippen molar-refractivity contribution in [1.29, 1.82) is 0 Å². The fourth-order valence-electron chi connectivity index (χ4n) is 6.36. The largest absolute Gasteiger partial charge is 1.00 e. The summed E-state index contributed by atoms with van der Waals surface area (Å²) in [6.07, 6.45) is 10.5. The van der Waals surface area contributed by atoms with Crippen LogP contribution < -0.4 is 24.8 Å². The molecule has 0 aromatic heterocycles. The molecule has 0 saturated carbocycles. The second kappa shape index (κ2) is 9.94. The molecule has 2 aromatic carbocycles. The van der Waals surface area contributed by atoms with Gasteiger partial charge in [-0.15, -0.1) is 0 Å². The molecule has 2 atom stereocenters. The van der Waals surface area contributed by atoms with Crippen molar-refractivity contribution in [1.82, 2.24) is 0 Å². The van der Waals surface area contributed by atoms with E-state index in [1.54, 1.807) is 33.4 Å². The normalized spacial score (nSPS) is 23.4. The first-order valence-corrected chi connectivity index (χ1v) is 14.6. The maximum atomic E-state index is 2.80. The summed E-state index contributed by atoms with van der Waals surface area (Å²) in [4.78, 5) is 0. The van der Waals surface area contributed by atoms with E-state index in [1.807, 2.05) is 5.57 Å². The van der Waals surface area contributed by atoms with Crippen LogP contribution >= 0.6 is 0 Å². The van der Waals surface area contributed by atoms with Crippen molar-refractivity contribution in [3.05, 3.63) is 82.4 Å². The SMILES string of the molecule is CCCCC1=C[C]2([Zr+2][CH]3C(=C(CCCC)c4ccccc43)C2(C)C)c2ccccc21.[Cl-].[Cl-]. The number of rotatable bonds is 6. The number of unbranched alkanes of at least 4 members (excludes halogenated alkanes) is 2. The minimum absolute atomic E-state index is 0. The van der Waals surface area contributed by atoms with E-state index in [9.17, 15) is 0 Å². The number of benzene rings is 2. The zero-order chi connectivity index (χ0) is 20.9. The van der Waals surface area contributed by atoms with Crippen LogP contribution in [0.5, 0.6) is 0 Å². The van der Waals surface area contributed by atoms with E-state index in [1.165, 1.54) is 38.5 Å². The van der Waals surface area contributed by atoms with Crippen LogP contribution in [0.3, 0.4) is 0 Å². The second-order valence-corrected chi connectivity index (χ2v) is 14.0. The Morgan fingerprint density at radius 1 is 0.812 bits per heavy atom. The molecule has 0 bridgehead atoms. The predicted molar refractivity (Wildman–Crippen MR) is 125 cm³/mol. The molecule has 0 radical (unpaired) electrons. The van der Waals surface area contributed by atoms with E-state index in [-0.39, 0.29) is 30.2 Å². The minimum Gasteiger partial charge on any atom is -1.00 e. The standard InChI is InChI=1S/C29H34.2ClH.Zr/c1-5-7-13-21-19-28(26-18-12-11-17-23(21)26)29(3,4)27-20-22-14-9-10-16-24(22)25(27)15-8-6-2;;;/h9-12,14,16-20H,5-8,13,15H2,1-4H3;2*1H;/q;;;+2/p-2. The van der Waals surface area contributed by atoms with E-state index in [0.717, 1.165) is 3.63 Å². The van der Waals surface area contributed by atoms with Crippen molar-refractivity contribution in [2.24, 2.45) is 5.41 Å². The summed E-state index contributed by atoms with van der Waals surface area (Å²) in [6.45, 7) is 9.84. The minimum atomic E-state index is -0.795. The van der Waals surface area contributed by atoms with Gasteiger partial charge in [0, 0.05) is 0 Å². The third-order valence-electron chi connectivity index (χ3n) is 7.91. The first kappa shape index (κ1) is 26.0. The van der Waals surface area contributed by atoms with Crippen LogP contribution in [0.15, 0.2) is 60.2 Å². The maximum absolute atomic E-state index is 2.80. The van der Waals surface area contributed by atoms with Gasteiger partial charge in [0.25, 0.3) is 0 Å². The van der Waals surface area contributed by atoms with Crippen molar-refractivity contribution in [2.45, 2.75) is 73.0 Å². The first-order chi connectivity index (χ1) is 14.5. The number of hydrogen-bond acceptors (Lipinski definition) is 0. The molecule has 1 fully saturated rings. The zero-order valence-corrected chi connectivity index (χ0v) is 23.7. The molecule has 1 heterocycles. The quantitative estimate of drug-likeness (QED) is 0.524. The number of allylic oxidation sites excluding steroid dienone is 4. The van der Waals surface area contributed by atoms with Gasteiger partial charge in [-0.05, 0) is 0 Å². The Morgan fingerprint density at radius 3 is 2.16 bits per heavy atom. The maximum Gasteiger partial charge on any atom is -1.00 e. The Labute approximate surface area is 218 Å². The van der Waals surface area contributed by atoms with Gasteiger partial charge >= 0.3 is 195 Å². The molecule has 0 nitrogen and oxygen atoms in total. The Kier molecular flexibility index (Phi) is 8.07. The van der Waals surface area contributed by atoms with Crippen LogP contribution in [0.2, 0.25) is 0 Å². The summed E-state index contributed by atoms with van der Waals surface area (Å²) in [6, 6.07) is 18.8. The van der Waals surface area contributed by atoms with Gasteiger partial charge in [0.15, 0.2) is 0 Å². The molecule has 1 spiro atoms. The van der Waals surface area contributed by atoms with E-state index >= 15 is 0 Å². The third-order valence-corrected chi connectivity index (χ3v) is 13.8. The monoisotopic (exact) mass is 542 g/mol. The Morgan fingerprint density at radius 2 is 1.44 bits per heavy atom. The van der Waals surface area contributed by atoms with E-state index in [2.05, 4.69) is 82.3 Å². The number of halogens is 2. The van der Waals surface area contributed by atoms with Gasteiger partial charge in [-0.1, -0.05) is 0 Å². The van der Waals surface area contributed by atoms with Crippen LogP contribution in [-0.4, -0.2) is 0 Å². The Balaban J connectivity index is 0.00000144. The van der Waals surface area contributed by atoms with Crippen molar-refractivity contribution in [3.63, 3.8) is 0 Å². The molecular formula is C29H34Cl2Zr. The van der Waals surface area contributed by atoms with Gasteiger partial charge in [0.1, 0.15) is 0 Å². The van der Waals surface area contributed by atoms with Crippen molar-refractivity contribution in [2.75, 3.05) is 0 Å². The summed E-state index contributed by atoms with van der Waals surface area (Å²) < 4.78 is 1.06. The summed E-state index contributed by atoms with van der Waals surface area (Å²) >= 11 is -0.795. The smallest absolute Gasteiger partial charge is 1.00 e. The Hall–Kier alpha value is -0.617. The molecule has 1 aliphatic heterocycles. The van der Waals surface area contributed by atoms with Crippen molar-refractivity contribution >= 4 is 11.1 Å². The molecule has 5 rings (SSSR count). The van der Waals surface area contributed by atoms with E-state index in [4.69, 9.17) is 0 Å². The Bertz CT molecular complexity index is 1050. The van der Waals surface area contributed by atoms with Gasteiger partial charge in [0.05, 0.1) is 0 Å². The zero-order valence-electron chi connectivity index (χ0n) is 19.8. The molecule has 168 valence electrons. The van der Waals surface area contributed by atoms with Crippen LogP contribution in [0, 0.1) is 5.41 Å². The fraction of sp³-hybridized carbons (Fsp3) is 0.448. The van der Waals surface area contributed by atoms with Gasteiger partial charge in [-0.25, -0.2) is 0 Å². The molecule has 32 heavy (non-hydrogen) atoms. The molecule has 2 aliphatic carbocycles. The molecule has 3 heteroatoms. The molecule has 2 aromatic rings. The summed E-state index contributed by atoms with van der Waals surface area (Å²) in [5.41, 5.74) is 11.9. The van der Waals surface area contributed by atoms with Gasteiger partial charge in [0.2, 0.25) is 0 Å². The second-order valence-electron chi connectivity index (χ2n) is 9.91. The molecule has 2 unspecified atom stereocenters. The van der Waals surface area contributed by atoms with Crippen molar-refractivity contribution in [3.8, 4) is 0 Å². The van der Waals surface area contributed by atoms with Crippen molar-refractivity contribution < 1.29 is 48.0 Å². The molecule has 3 aliphatic rings. The van der Waals surface area contributed by atoms with Gasteiger partial charge in [-0.2, -0.15) is 0 Å². The fourth-order valence-corrected chi connectivity index (χ4v) is 12.9. The predicted octanol–water partition coefficient (Wildman–Crippen LogP) is 2.30. The third kappa shape index (κ3) is 3.66. The van der Waals surface area contributed by atoms with E-state index < -0.39 is 23.2 Å². The number of hydrogen-bond donors (Lipinski definition) is 0. The van der Waals surface area contributed by atoms with Crippen LogP contribution in [0.4, 0.5) is 0 Å². The molecule has 1 saturated heterocycles. The van der Waals surface area contributed by atoms with E-state index in [0.29, 0.717) is 3.12 Å². The van der Waals surface area contributed by atoms with Crippen LogP contribution in [0.25, 0.3) is 11.1 Å². The average Bonchev–Trinajstić information content (AvgIpc) is 3.33. The molecule has 0 amide bonds. The van der Waals surface area contributed by atoms with Gasteiger partial charge in [-0.3, -0.25) is 0 Å². The summed E-state index contributed by atoms with van der Waals surface area (Å²) in [5.74, 6) is 0. The first-order valence-electron chi connectivity index (χ1n) is 12.0. The number of fused-ring (bicyclic) bond motifs is 5. The van der Waals surface area contributed by atoms with Gasteiger partial charge < -0.3 is 24.8 Å². The van der Waals surface area contributed by atoms with Crippen LogP contribution in [0.1, 0.15) is 92.1 Å². The summed E-state index contributed by atoms with van der Waals surface area (Å²) in [7, 11) is 0. The summed E-state index contributed by atoms with van der Waals surface area (Å²) in [5, 5.41) is 0. The molecule has 0 N–H and O–H groups in total. The average molecular weight is 545 g/mol.